The van der Waals surface area contributed by atoms with Crippen LogP contribution in [-0.2, 0) is 21.4 Å². The Bertz CT molecular complexity index is 1100. The second-order valence-electron chi connectivity index (χ2n) is 9.20. The van der Waals surface area contributed by atoms with Crippen LogP contribution in [0.25, 0.3) is 11.0 Å². The quantitative estimate of drug-likeness (QED) is 0.302. The molecule has 3 rings (SSSR count). The van der Waals surface area contributed by atoms with Gasteiger partial charge >= 0.3 is 5.97 Å². The highest BCUT2D eigenvalue weighted by atomic mass is 79.9. The van der Waals surface area contributed by atoms with E-state index in [1.54, 1.807) is 7.11 Å². The lowest BCUT2D eigenvalue weighted by atomic mass is 9.68. The van der Waals surface area contributed by atoms with Gasteiger partial charge in [0.25, 0.3) is 0 Å². The summed E-state index contributed by atoms with van der Waals surface area (Å²) in [7, 11) is 5.29. The van der Waals surface area contributed by atoms with Crippen LogP contribution in [0, 0.1) is 5.92 Å². The van der Waals surface area contributed by atoms with Gasteiger partial charge in [0.2, 0.25) is 0 Å². The van der Waals surface area contributed by atoms with Crippen molar-refractivity contribution < 1.29 is 14.3 Å². The van der Waals surface area contributed by atoms with Crippen LogP contribution in [0.2, 0.25) is 0 Å². The third-order valence-electron chi connectivity index (χ3n) is 6.68. The zero-order valence-corrected chi connectivity index (χ0v) is 22.4. The third-order valence-corrected chi connectivity index (χ3v) is 7.17. The Morgan fingerprint density at radius 2 is 1.91 bits per heavy atom. The average Bonchev–Trinajstić information content (AvgIpc) is 3.23. The predicted octanol–water partition coefficient (Wildman–Crippen LogP) is 5.75. The number of imidazole rings is 1. The van der Waals surface area contributed by atoms with E-state index in [-0.39, 0.29) is 11.9 Å². The number of methoxy groups -OCH3 is 2. The number of fused-ring (bicyclic) bond motifs is 1. The van der Waals surface area contributed by atoms with Gasteiger partial charge in [-0.2, -0.15) is 0 Å². The van der Waals surface area contributed by atoms with E-state index in [1.807, 2.05) is 42.5 Å². The predicted molar refractivity (Wildman–Crippen MR) is 140 cm³/mol. The van der Waals surface area contributed by atoms with Gasteiger partial charge in [-0.15, -0.1) is 0 Å². The topological polar surface area (TPSA) is 67.4 Å². The van der Waals surface area contributed by atoms with Crippen molar-refractivity contribution in [2.24, 2.45) is 5.92 Å². The fourth-order valence-electron chi connectivity index (χ4n) is 4.71. The van der Waals surface area contributed by atoms with E-state index in [9.17, 15) is 4.79 Å². The van der Waals surface area contributed by atoms with Crippen LogP contribution < -0.4 is 4.74 Å². The van der Waals surface area contributed by atoms with E-state index in [4.69, 9.17) is 9.47 Å². The van der Waals surface area contributed by atoms with Gasteiger partial charge in [0.1, 0.15) is 11.6 Å². The number of esters is 1. The van der Waals surface area contributed by atoms with Crippen molar-refractivity contribution in [1.29, 1.82) is 0 Å². The van der Waals surface area contributed by atoms with E-state index >= 15 is 0 Å². The number of halogens is 1. The van der Waals surface area contributed by atoms with E-state index in [0.717, 1.165) is 71.4 Å². The summed E-state index contributed by atoms with van der Waals surface area (Å²) in [5, 5.41) is 0. The number of nitrogens with zero attached hydrogens (tertiary/aromatic N) is 2. The highest BCUT2D eigenvalue weighted by Gasteiger charge is 2.44. The molecule has 7 heteroatoms. The molecule has 0 aliphatic carbocycles. The van der Waals surface area contributed by atoms with Crippen molar-refractivity contribution in [3.63, 3.8) is 0 Å². The van der Waals surface area contributed by atoms with Crippen molar-refractivity contribution in [3.8, 4) is 5.75 Å². The Morgan fingerprint density at radius 3 is 2.59 bits per heavy atom. The van der Waals surface area contributed by atoms with Crippen molar-refractivity contribution in [2.75, 3.05) is 34.4 Å². The van der Waals surface area contributed by atoms with E-state index in [2.05, 4.69) is 51.7 Å². The molecule has 0 aliphatic heterocycles. The van der Waals surface area contributed by atoms with Gasteiger partial charge in [0.15, 0.2) is 0 Å². The van der Waals surface area contributed by atoms with Crippen molar-refractivity contribution >= 4 is 32.9 Å². The van der Waals surface area contributed by atoms with Crippen molar-refractivity contribution in [1.82, 2.24) is 14.9 Å². The number of nitrogens with one attached hydrogen (secondary N) is 1. The molecule has 34 heavy (non-hydrogen) atoms. The molecular weight excluding hydrogens is 494 g/mol. The average molecular weight is 531 g/mol. The molecule has 0 spiro atoms. The fraction of sp³-hybridized carbons (Fsp3) is 0.481. The molecule has 1 N–H and O–H groups in total. The lowest BCUT2D eigenvalue weighted by Crippen LogP contribution is -2.42. The number of ether oxygens (including phenoxy) is 2. The Morgan fingerprint density at radius 1 is 1.15 bits per heavy atom. The lowest BCUT2D eigenvalue weighted by molar-refractivity contribution is -0.150. The molecule has 0 saturated carbocycles. The fourth-order valence-corrected chi connectivity index (χ4v) is 5.11. The Hall–Kier alpha value is -2.38. The number of aryl methyl sites for hydroxylation is 1. The Kier molecular flexibility index (Phi) is 9.14. The number of H-pyrrole nitrogens is 1. The molecule has 1 heterocycles. The van der Waals surface area contributed by atoms with Gasteiger partial charge in [-0.1, -0.05) is 41.9 Å². The highest BCUT2D eigenvalue weighted by Crippen LogP contribution is 2.39. The number of rotatable bonds is 12. The minimum atomic E-state index is -0.658. The number of hydrogen-bond donors (Lipinski definition) is 1. The molecule has 0 amide bonds. The van der Waals surface area contributed by atoms with Crippen LogP contribution in [0.3, 0.4) is 0 Å². The van der Waals surface area contributed by atoms with Crippen LogP contribution in [0.5, 0.6) is 5.75 Å². The normalized spacial score (nSPS) is 13.4. The monoisotopic (exact) mass is 529 g/mol. The van der Waals surface area contributed by atoms with E-state index < -0.39 is 5.41 Å². The smallest absolute Gasteiger partial charge is 0.316 e. The van der Waals surface area contributed by atoms with Crippen molar-refractivity contribution in [2.45, 2.75) is 44.9 Å². The molecule has 1 atom stereocenters. The Balaban J connectivity index is 1.56. The summed E-state index contributed by atoms with van der Waals surface area (Å²) in [6.07, 6.45) is 3.53. The largest absolute Gasteiger partial charge is 0.497 e. The van der Waals surface area contributed by atoms with Gasteiger partial charge in [-0.3, -0.25) is 4.79 Å². The summed E-state index contributed by atoms with van der Waals surface area (Å²) in [5.74, 6) is 1.78. The van der Waals surface area contributed by atoms with Gasteiger partial charge in [0, 0.05) is 17.0 Å². The molecular formula is C27H36BrN3O3. The number of hydrogen-bond acceptors (Lipinski definition) is 5. The summed E-state index contributed by atoms with van der Waals surface area (Å²) in [4.78, 5) is 23.4. The van der Waals surface area contributed by atoms with Gasteiger partial charge in [-0.25, -0.2) is 4.98 Å². The van der Waals surface area contributed by atoms with E-state index in [1.165, 1.54) is 7.11 Å². The molecule has 3 aromatic rings. The number of benzene rings is 2. The maximum Gasteiger partial charge on any atom is 0.316 e. The van der Waals surface area contributed by atoms with Crippen LogP contribution in [0.15, 0.2) is 46.9 Å². The molecule has 0 radical (unpaired) electrons. The van der Waals surface area contributed by atoms with Crippen LogP contribution in [-0.4, -0.2) is 55.2 Å². The Labute approximate surface area is 211 Å². The van der Waals surface area contributed by atoms with Crippen LogP contribution in [0.4, 0.5) is 0 Å². The van der Waals surface area contributed by atoms with Crippen LogP contribution in [0.1, 0.15) is 44.5 Å². The number of carbonyl (C=O) groups is 1. The second kappa shape index (κ2) is 11.8. The summed E-state index contributed by atoms with van der Waals surface area (Å²) in [5.41, 5.74) is 2.31. The summed E-state index contributed by atoms with van der Waals surface area (Å²) < 4.78 is 11.6. The van der Waals surface area contributed by atoms with Gasteiger partial charge < -0.3 is 19.4 Å². The molecule has 2 aromatic carbocycles. The first kappa shape index (κ1) is 26.2. The highest BCUT2D eigenvalue weighted by molar-refractivity contribution is 9.10. The molecule has 1 aromatic heterocycles. The maximum atomic E-state index is 13.0. The first-order chi connectivity index (χ1) is 16.3. The van der Waals surface area contributed by atoms with Gasteiger partial charge in [-0.05, 0) is 75.1 Å². The van der Waals surface area contributed by atoms with Crippen LogP contribution >= 0.6 is 15.9 Å². The molecule has 0 aliphatic rings. The molecule has 6 nitrogen and oxygen atoms in total. The maximum absolute atomic E-state index is 13.0. The first-order valence-electron chi connectivity index (χ1n) is 11.9. The molecule has 184 valence electrons. The zero-order chi connectivity index (χ0) is 24.7. The summed E-state index contributed by atoms with van der Waals surface area (Å²) in [6.45, 7) is 6.08. The van der Waals surface area contributed by atoms with Gasteiger partial charge in [0.05, 0.1) is 30.7 Å². The second-order valence-corrected chi connectivity index (χ2v) is 10.1. The minimum absolute atomic E-state index is 0.117. The SMILES string of the molecule is COC(=O)C(CCCN(C)CCCc1nc2ccc(OC)cc2[nH]1)(c1cccc(Br)c1)C(C)C. The molecule has 0 bridgehead atoms. The minimum Gasteiger partial charge on any atom is -0.497 e. The first-order valence-corrected chi connectivity index (χ1v) is 12.6. The standard InChI is InChI=1S/C27H36BrN3O3/c1-19(2)27(26(32)34-5,20-9-6-10-21(28)17-20)14-8-16-31(3)15-7-11-25-29-23-13-12-22(33-4)18-24(23)30-25/h6,9-10,12-13,17-19H,7-8,11,14-16H2,1-5H3,(H,29,30). The molecule has 0 fully saturated rings. The lowest BCUT2D eigenvalue weighted by Gasteiger charge is -2.36. The summed E-state index contributed by atoms with van der Waals surface area (Å²) >= 11 is 3.56. The number of aromatic nitrogens is 2. The molecule has 0 saturated heterocycles. The number of aromatic amines is 1. The third kappa shape index (κ3) is 5.99. The van der Waals surface area contributed by atoms with Crippen molar-refractivity contribution in [3.05, 3.63) is 58.3 Å². The zero-order valence-electron chi connectivity index (χ0n) is 20.9. The summed E-state index contributed by atoms with van der Waals surface area (Å²) in [6, 6.07) is 13.9. The number of carbonyl (C=O) groups excluding carboxylic acids is 1. The van der Waals surface area contributed by atoms with E-state index in [0.29, 0.717) is 0 Å². The molecule has 1 unspecified atom stereocenters.